The molecular weight excluding hydrogens is 416 g/mol. The Kier molecular flexibility index (Phi) is 4.57. The molecule has 0 spiro atoms. The van der Waals surface area contributed by atoms with Crippen LogP contribution in [0.5, 0.6) is 0 Å². The molecule has 0 bridgehead atoms. The van der Waals surface area contributed by atoms with Crippen molar-refractivity contribution in [1.29, 1.82) is 0 Å². The molecule has 0 amide bonds. The van der Waals surface area contributed by atoms with Crippen LogP contribution in [0.1, 0.15) is 17.2 Å². The Hall–Kier alpha value is 0.0200. The average molecular weight is 426 g/mol. The molecule has 0 aliphatic carbocycles. The van der Waals surface area contributed by atoms with Crippen molar-refractivity contribution in [2.24, 2.45) is 5.73 Å². The normalized spacial score (nSPS) is 12.7. The van der Waals surface area contributed by atoms with E-state index < -0.39 is 0 Å². The van der Waals surface area contributed by atoms with Crippen molar-refractivity contribution in [2.45, 2.75) is 12.5 Å². The molecule has 0 aliphatic heterocycles. The molecule has 17 heavy (non-hydrogen) atoms. The topological polar surface area (TPSA) is 26.0 Å². The highest BCUT2D eigenvalue weighted by Crippen LogP contribution is 2.25. The van der Waals surface area contributed by atoms with Crippen LogP contribution in [0.25, 0.3) is 0 Å². The minimum atomic E-state index is -0.200. The molecule has 1 aromatic carbocycles. The monoisotopic (exact) mass is 425 g/mol. The van der Waals surface area contributed by atoms with Crippen molar-refractivity contribution in [3.8, 4) is 0 Å². The van der Waals surface area contributed by atoms with Gasteiger partial charge in [0.2, 0.25) is 0 Å². The first-order chi connectivity index (χ1) is 8.06. The minimum absolute atomic E-state index is 0.154. The average Bonchev–Trinajstić information content (AvgIpc) is 2.70. The molecule has 0 radical (unpaired) electrons. The minimum Gasteiger partial charge on any atom is -0.324 e. The Balaban J connectivity index is 2.18. The molecule has 1 aromatic heterocycles. The first-order valence-electron chi connectivity index (χ1n) is 4.99. The van der Waals surface area contributed by atoms with Gasteiger partial charge in [0.25, 0.3) is 0 Å². The molecular formula is C12H10BrFINS. The van der Waals surface area contributed by atoms with Crippen molar-refractivity contribution in [2.75, 3.05) is 0 Å². The number of benzene rings is 1. The zero-order valence-corrected chi connectivity index (χ0v) is 13.4. The molecule has 2 aromatic rings. The van der Waals surface area contributed by atoms with Gasteiger partial charge >= 0.3 is 0 Å². The van der Waals surface area contributed by atoms with Gasteiger partial charge in [-0.05, 0) is 69.8 Å². The second-order valence-corrected chi connectivity index (χ2v) is 7.45. The van der Waals surface area contributed by atoms with Crippen LogP contribution in [0.2, 0.25) is 0 Å². The van der Waals surface area contributed by atoms with E-state index in [0.717, 1.165) is 10.0 Å². The number of hydrogen-bond donors (Lipinski definition) is 1. The molecule has 0 saturated carbocycles. The van der Waals surface area contributed by atoms with Crippen LogP contribution in [0, 0.1) is 8.70 Å². The van der Waals surface area contributed by atoms with Gasteiger partial charge in [0.1, 0.15) is 5.82 Å². The van der Waals surface area contributed by atoms with Crippen LogP contribution >= 0.6 is 49.9 Å². The second kappa shape index (κ2) is 5.77. The summed E-state index contributed by atoms with van der Waals surface area (Å²) >= 11 is 7.25. The number of halogens is 3. The van der Waals surface area contributed by atoms with Crippen LogP contribution in [0.15, 0.2) is 34.1 Å². The molecule has 1 unspecified atom stereocenters. The summed E-state index contributed by atoms with van der Waals surface area (Å²) in [4.78, 5) is 0. The van der Waals surface area contributed by atoms with Gasteiger partial charge in [-0.1, -0.05) is 15.9 Å². The van der Waals surface area contributed by atoms with E-state index in [0.29, 0.717) is 12.0 Å². The van der Waals surface area contributed by atoms with Crippen LogP contribution in [-0.4, -0.2) is 0 Å². The molecule has 90 valence electrons. The molecule has 1 heterocycles. The van der Waals surface area contributed by atoms with Crippen LogP contribution in [0.3, 0.4) is 0 Å². The third kappa shape index (κ3) is 3.49. The first kappa shape index (κ1) is 13.5. The summed E-state index contributed by atoms with van der Waals surface area (Å²) in [6, 6.07) is 6.83. The third-order valence-corrected chi connectivity index (χ3v) is 4.76. The van der Waals surface area contributed by atoms with Crippen LogP contribution in [-0.2, 0) is 6.42 Å². The summed E-state index contributed by atoms with van der Waals surface area (Å²) in [6.07, 6.45) is 0.512. The highest BCUT2D eigenvalue weighted by atomic mass is 127. The Morgan fingerprint density at radius 1 is 1.41 bits per heavy atom. The van der Waals surface area contributed by atoms with E-state index >= 15 is 0 Å². The molecule has 0 fully saturated rings. The van der Waals surface area contributed by atoms with E-state index in [4.69, 9.17) is 5.73 Å². The van der Waals surface area contributed by atoms with E-state index in [-0.39, 0.29) is 11.9 Å². The predicted molar refractivity (Wildman–Crippen MR) is 81.8 cm³/mol. The van der Waals surface area contributed by atoms with Crippen molar-refractivity contribution < 1.29 is 4.39 Å². The van der Waals surface area contributed by atoms with Crippen molar-refractivity contribution in [3.05, 3.63) is 53.9 Å². The summed E-state index contributed by atoms with van der Waals surface area (Å²) in [6.45, 7) is 0. The zero-order valence-electron chi connectivity index (χ0n) is 8.79. The number of thiophene rings is 1. The molecule has 1 atom stereocenters. The first-order valence-corrected chi connectivity index (χ1v) is 7.75. The van der Waals surface area contributed by atoms with E-state index in [2.05, 4.69) is 38.5 Å². The summed E-state index contributed by atoms with van der Waals surface area (Å²) in [5, 5.41) is 2.03. The number of nitrogens with two attached hydrogens (primary N) is 1. The summed E-state index contributed by atoms with van der Waals surface area (Å²) in [7, 11) is 0. The second-order valence-electron chi connectivity index (χ2n) is 3.73. The SMILES string of the molecule is NC(Cc1cc(Br)ccc1F)c1csc(I)c1. The molecule has 5 heteroatoms. The quantitative estimate of drug-likeness (QED) is 0.720. The Bertz CT molecular complexity index is 529. The lowest BCUT2D eigenvalue weighted by Gasteiger charge is -2.11. The maximum absolute atomic E-state index is 13.6. The summed E-state index contributed by atoms with van der Waals surface area (Å²) in [5.74, 6) is -0.200. The lowest BCUT2D eigenvalue weighted by Crippen LogP contribution is -2.13. The molecule has 0 saturated heterocycles. The largest absolute Gasteiger partial charge is 0.324 e. The van der Waals surface area contributed by atoms with Gasteiger partial charge in [0.05, 0.1) is 2.88 Å². The third-order valence-electron chi connectivity index (χ3n) is 2.46. The number of hydrogen-bond acceptors (Lipinski definition) is 2. The highest BCUT2D eigenvalue weighted by Gasteiger charge is 2.12. The van der Waals surface area contributed by atoms with Crippen molar-refractivity contribution >= 4 is 49.9 Å². The van der Waals surface area contributed by atoms with Crippen molar-refractivity contribution in [3.63, 3.8) is 0 Å². The molecule has 0 aliphatic rings. The van der Waals surface area contributed by atoms with E-state index in [1.54, 1.807) is 23.5 Å². The van der Waals surface area contributed by atoms with Gasteiger partial charge in [-0.3, -0.25) is 0 Å². The zero-order chi connectivity index (χ0) is 12.4. The molecule has 1 nitrogen and oxygen atoms in total. The standard InChI is InChI=1S/C12H10BrFINS/c13-9-1-2-10(14)7(3-9)4-11(16)8-5-12(15)17-6-8/h1-3,5-6,11H,4,16H2. The van der Waals surface area contributed by atoms with E-state index in [9.17, 15) is 4.39 Å². The Labute approximate surface area is 125 Å². The predicted octanol–water partition coefficient (Wildman–Crippen LogP) is 4.50. The summed E-state index contributed by atoms with van der Waals surface area (Å²) in [5.41, 5.74) is 7.80. The van der Waals surface area contributed by atoms with Gasteiger partial charge in [-0.25, -0.2) is 4.39 Å². The maximum atomic E-state index is 13.6. The van der Waals surface area contributed by atoms with Crippen LogP contribution in [0.4, 0.5) is 4.39 Å². The fourth-order valence-electron chi connectivity index (χ4n) is 1.57. The van der Waals surface area contributed by atoms with Gasteiger partial charge in [0.15, 0.2) is 0 Å². The fraction of sp³-hybridized carbons (Fsp3) is 0.167. The van der Waals surface area contributed by atoms with Gasteiger partial charge in [0, 0.05) is 10.5 Å². The highest BCUT2D eigenvalue weighted by molar-refractivity contribution is 14.1. The number of rotatable bonds is 3. The van der Waals surface area contributed by atoms with E-state index in [1.807, 2.05) is 11.4 Å². The van der Waals surface area contributed by atoms with Gasteiger partial charge in [-0.2, -0.15) is 0 Å². The van der Waals surface area contributed by atoms with E-state index in [1.165, 1.54) is 8.95 Å². The lowest BCUT2D eigenvalue weighted by atomic mass is 10.0. The maximum Gasteiger partial charge on any atom is 0.126 e. The van der Waals surface area contributed by atoms with Crippen molar-refractivity contribution in [1.82, 2.24) is 0 Å². The Morgan fingerprint density at radius 2 is 2.18 bits per heavy atom. The summed E-state index contributed by atoms with van der Waals surface area (Å²) < 4.78 is 15.6. The van der Waals surface area contributed by atoms with Crippen LogP contribution < -0.4 is 5.73 Å². The molecule has 2 rings (SSSR count). The molecule has 2 N–H and O–H groups in total. The fourth-order valence-corrected chi connectivity index (χ4v) is 3.42. The van der Waals surface area contributed by atoms with Gasteiger partial charge in [-0.15, -0.1) is 11.3 Å². The Morgan fingerprint density at radius 3 is 2.82 bits per heavy atom. The lowest BCUT2D eigenvalue weighted by molar-refractivity contribution is 0.593. The smallest absolute Gasteiger partial charge is 0.126 e. The van der Waals surface area contributed by atoms with Gasteiger partial charge < -0.3 is 5.73 Å².